The molecule has 110 valence electrons. The van der Waals surface area contributed by atoms with Gasteiger partial charge in [0.25, 0.3) is 0 Å². The van der Waals surface area contributed by atoms with Crippen molar-refractivity contribution in [2.75, 3.05) is 31.1 Å². The highest BCUT2D eigenvalue weighted by atomic mass is 32.1. The van der Waals surface area contributed by atoms with Crippen molar-refractivity contribution < 1.29 is 5.11 Å². The van der Waals surface area contributed by atoms with Gasteiger partial charge in [-0.15, -0.1) is 11.3 Å². The molecule has 0 aliphatic rings. The minimum atomic E-state index is 0.140. The summed E-state index contributed by atoms with van der Waals surface area (Å²) in [6.45, 7) is 12.7. The first-order valence-electron chi connectivity index (χ1n) is 7.03. The highest BCUT2D eigenvalue weighted by Crippen LogP contribution is 2.23. The lowest BCUT2D eigenvalue weighted by Gasteiger charge is -2.23. The fourth-order valence-electron chi connectivity index (χ4n) is 1.93. The topological polar surface area (TPSA) is 48.4 Å². The van der Waals surface area contributed by atoms with Crippen LogP contribution in [0.5, 0.6) is 0 Å². The van der Waals surface area contributed by atoms with E-state index in [1.807, 2.05) is 6.20 Å². The van der Waals surface area contributed by atoms with E-state index in [9.17, 15) is 0 Å². The van der Waals surface area contributed by atoms with Crippen molar-refractivity contribution in [3.63, 3.8) is 0 Å². The first-order chi connectivity index (χ1) is 9.02. The molecule has 1 aromatic heterocycles. The average Bonchev–Trinajstić information content (AvgIpc) is 2.79. The smallest absolute Gasteiger partial charge is 0.185 e. The van der Waals surface area contributed by atoms with Gasteiger partial charge in [-0.25, -0.2) is 4.98 Å². The highest BCUT2D eigenvalue weighted by Gasteiger charge is 2.16. The third kappa shape index (κ3) is 5.47. The number of hydrogen-bond acceptors (Lipinski definition) is 5. The van der Waals surface area contributed by atoms with E-state index in [2.05, 4.69) is 42.9 Å². The van der Waals surface area contributed by atoms with Crippen molar-refractivity contribution in [1.29, 1.82) is 0 Å². The number of aromatic nitrogens is 1. The summed E-state index contributed by atoms with van der Waals surface area (Å²) in [5.41, 5.74) is 0.140. The molecule has 0 aromatic carbocycles. The quantitative estimate of drug-likeness (QED) is 0.732. The zero-order valence-electron chi connectivity index (χ0n) is 12.6. The van der Waals surface area contributed by atoms with Gasteiger partial charge in [-0.3, -0.25) is 0 Å². The van der Waals surface area contributed by atoms with Gasteiger partial charge in [0.05, 0.1) is 0 Å². The molecule has 0 unspecified atom stereocenters. The highest BCUT2D eigenvalue weighted by molar-refractivity contribution is 7.15. The van der Waals surface area contributed by atoms with Crippen LogP contribution in [0.1, 0.15) is 39.0 Å². The van der Waals surface area contributed by atoms with Gasteiger partial charge in [-0.1, -0.05) is 13.8 Å². The number of nitrogens with zero attached hydrogens (tertiary/aromatic N) is 2. The number of anilines is 1. The molecule has 5 heteroatoms. The number of hydrogen-bond donors (Lipinski definition) is 2. The summed E-state index contributed by atoms with van der Waals surface area (Å²) in [4.78, 5) is 8.01. The van der Waals surface area contributed by atoms with Crippen LogP contribution in [0, 0.1) is 5.41 Å². The van der Waals surface area contributed by atoms with E-state index in [1.54, 1.807) is 11.3 Å². The molecular weight excluding hydrogens is 258 g/mol. The molecule has 4 nitrogen and oxygen atoms in total. The lowest BCUT2D eigenvalue weighted by molar-refractivity contribution is 0.207. The van der Waals surface area contributed by atoms with Crippen molar-refractivity contribution in [2.45, 2.75) is 40.7 Å². The average molecular weight is 285 g/mol. The van der Waals surface area contributed by atoms with Crippen LogP contribution in [0.2, 0.25) is 0 Å². The molecule has 0 spiro atoms. The monoisotopic (exact) mass is 285 g/mol. The zero-order chi connectivity index (χ0) is 14.3. The lowest BCUT2D eigenvalue weighted by atomic mass is 9.90. The Morgan fingerprint density at radius 2 is 2.05 bits per heavy atom. The molecule has 19 heavy (non-hydrogen) atoms. The summed E-state index contributed by atoms with van der Waals surface area (Å²) >= 11 is 1.76. The second-order valence-corrected chi connectivity index (χ2v) is 6.62. The second kappa shape index (κ2) is 7.82. The molecule has 1 rings (SSSR count). The molecule has 2 N–H and O–H groups in total. The number of thiazole rings is 1. The lowest BCUT2D eigenvalue weighted by Crippen LogP contribution is -2.29. The minimum absolute atomic E-state index is 0.140. The Morgan fingerprint density at radius 1 is 1.37 bits per heavy atom. The molecule has 0 amide bonds. The van der Waals surface area contributed by atoms with Crippen LogP contribution < -0.4 is 10.2 Å². The van der Waals surface area contributed by atoms with Crippen LogP contribution >= 0.6 is 11.3 Å². The summed E-state index contributed by atoms with van der Waals surface area (Å²) in [6, 6.07) is 0. The molecule has 0 aliphatic heterocycles. The Labute approximate surface area is 120 Å². The van der Waals surface area contributed by atoms with Gasteiger partial charge in [-0.2, -0.15) is 0 Å². The van der Waals surface area contributed by atoms with Gasteiger partial charge in [0.2, 0.25) is 0 Å². The van der Waals surface area contributed by atoms with Crippen LogP contribution in [0.4, 0.5) is 5.13 Å². The van der Waals surface area contributed by atoms with Crippen LogP contribution in [0.25, 0.3) is 0 Å². The molecule has 0 saturated heterocycles. The van der Waals surface area contributed by atoms with E-state index < -0.39 is 0 Å². The summed E-state index contributed by atoms with van der Waals surface area (Å²) in [6.07, 6.45) is 2.79. The van der Waals surface area contributed by atoms with Crippen molar-refractivity contribution in [2.24, 2.45) is 5.41 Å². The zero-order valence-corrected chi connectivity index (χ0v) is 13.4. The Kier molecular flexibility index (Phi) is 6.75. The van der Waals surface area contributed by atoms with E-state index in [1.165, 1.54) is 4.88 Å². The number of rotatable bonds is 9. The second-order valence-electron chi connectivity index (χ2n) is 5.52. The van der Waals surface area contributed by atoms with E-state index in [0.717, 1.165) is 37.7 Å². The Bertz CT molecular complexity index is 361. The van der Waals surface area contributed by atoms with Crippen LogP contribution in [0.3, 0.4) is 0 Å². The Hall–Kier alpha value is -0.650. The van der Waals surface area contributed by atoms with E-state index in [0.29, 0.717) is 0 Å². The molecule has 0 bridgehead atoms. The van der Waals surface area contributed by atoms with Gasteiger partial charge >= 0.3 is 0 Å². The maximum absolute atomic E-state index is 9.00. The SMILES string of the molecule is CCN(CC)c1ncc(CNCC(C)(C)CCO)s1. The van der Waals surface area contributed by atoms with Crippen LogP contribution in [-0.2, 0) is 6.54 Å². The summed E-state index contributed by atoms with van der Waals surface area (Å²) in [5, 5.41) is 13.6. The largest absolute Gasteiger partial charge is 0.396 e. The van der Waals surface area contributed by atoms with Gasteiger partial charge in [0, 0.05) is 43.9 Å². The third-order valence-corrected chi connectivity index (χ3v) is 4.32. The van der Waals surface area contributed by atoms with Crippen molar-refractivity contribution in [3.05, 3.63) is 11.1 Å². The van der Waals surface area contributed by atoms with E-state index in [4.69, 9.17) is 5.11 Å². The predicted octanol–water partition coefficient (Wildman–Crippen LogP) is 2.49. The molecule has 0 atom stereocenters. The number of aliphatic hydroxyl groups excluding tert-OH is 1. The number of aliphatic hydroxyl groups is 1. The molecule has 1 aromatic rings. The van der Waals surface area contributed by atoms with Crippen LogP contribution in [0.15, 0.2) is 6.20 Å². The minimum Gasteiger partial charge on any atom is -0.396 e. The Balaban J connectivity index is 2.42. The van der Waals surface area contributed by atoms with Gasteiger partial charge in [-0.05, 0) is 25.7 Å². The fourth-order valence-corrected chi connectivity index (χ4v) is 2.94. The van der Waals surface area contributed by atoms with Gasteiger partial charge in [0.15, 0.2) is 5.13 Å². The predicted molar refractivity (Wildman–Crippen MR) is 82.9 cm³/mol. The third-order valence-electron chi connectivity index (χ3n) is 3.27. The first-order valence-corrected chi connectivity index (χ1v) is 7.85. The normalized spacial score (nSPS) is 11.8. The van der Waals surface area contributed by atoms with Crippen molar-refractivity contribution in [3.8, 4) is 0 Å². The molecular formula is C14H27N3OS. The van der Waals surface area contributed by atoms with Crippen molar-refractivity contribution in [1.82, 2.24) is 10.3 Å². The summed E-state index contributed by atoms with van der Waals surface area (Å²) in [5.74, 6) is 0. The Morgan fingerprint density at radius 3 is 2.63 bits per heavy atom. The van der Waals surface area contributed by atoms with Gasteiger partial charge < -0.3 is 15.3 Å². The number of nitrogens with one attached hydrogen (secondary N) is 1. The fraction of sp³-hybridized carbons (Fsp3) is 0.786. The molecule has 0 radical (unpaired) electrons. The van der Waals surface area contributed by atoms with Crippen LogP contribution in [-0.4, -0.2) is 36.3 Å². The molecule has 1 heterocycles. The summed E-state index contributed by atoms with van der Waals surface area (Å²) in [7, 11) is 0. The molecule has 0 fully saturated rings. The van der Waals surface area contributed by atoms with E-state index >= 15 is 0 Å². The van der Waals surface area contributed by atoms with Crippen molar-refractivity contribution >= 4 is 16.5 Å². The summed E-state index contributed by atoms with van der Waals surface area (Å²) < 4.78 is 0. The van der Waals surface area contributed by atoms with E-state index in [-0.39, 0.29) is 12.0 Å². The maximum Gasteiger partial charge on any atom is 0.185 e. The standard InChI is InChI=1S/C14H27N3OS/c1-5-17(6-2)13-16-10-12(19-13)9-15-11-14(3,4)7-8-18/h10,15,18H,5-9,11H2,1-4H3. The first kappa shape index (κ1) is 16.4. The molecule has 0 saturated carbocycles. The maximum atomic E-state index is 9.00. The molecule has 0 aliphatic carbocycles. The van der Waals surface area contributed by atoms with Gasteiger partial charge in [0.1, 0.15) is 0 Å².